The fraction of sp³-hybridized carbons (Fsp3) is 0.500. The van der Waals surface area contributed by atoms with Crippen molar-refractivity contribution in [2.75, 3.05) is 24.7 Å². The number of aliphatic hydroxyl groups is 1. The quantitative estimate of drug-likeness (QED) is 0.799. The van der Waals surface area contributed by atoms with Gasteiger partial charge in [0.1, 0.15) is 26.0 Å². The van der Waals surface area contributed by atoms with Gasteiger partial charge in [-0.1, -0.05) is 0 Å². The Morgan fingerprint density at radius 2 is 2.05 bits per heavy atom. The Morgan fingerprint density at radius 3 is 2.81 bits per heavy atom. The monoisotopic (exact) mass is 294 g/mol. The normalized spacial score (nSPS) is 22.1. The Bertz CT molecular complexity index is 534. The van der Waals surface area contributed by atoms with Crippen LogP contribution in [-0.4, -0.2) is 43.3 Å². The number of nitrogens with two attached hydrogens (primary N) is 1. The molecule has 0 saturated carbocycles. The predicted octanol–water partition coefficient (Wildman–Crippen LogP) is 0.840. The number of ether oxygens (including phenoxy) is 3. The molecule has 2 heterocycles. The summed E-state index contributed by atoms with van der Waals surface area (Å²) in [5, 5.41) is 9.19. The molecule has 0 aromatic heterocycles. The minimum atomic E-state index is -0.886. The first-order valence-electron chi connectivity index (χ1n) is 6.94. The number of carbonyl (C=O) groups excluding carboxylic acids is 1. The molecule has 1 amide bonds. The second-order valence-electron chi connectivity index (χ2n) is 5.07. The van der Waals surface area contributed by atoms with Gasteiger partial charge in [-0.2, -0.15) is 0 Å². The van der Waals surface area contributed by atoms with Crippen molar-refractivity contribution in [3.8, 4) is 11.5 Å². The summed E-state index contributed by atoms with van der Waals surface area (Å²) in [7, 11) is 0. The van der Waals surface area contributed by atoms with Gasteiger partial charge in [-0.25, -0.2) is 4.79 Å². The van der Waals surface area contributed by atoms with E-state index in [2.05, 4.69) is 0 Å². The first-order chi connectivity index (χ1) is 10.1. The fourth-order valence-electron chi connectivity index (χ4n) is 2.53. The summed E-state index contributed by atoms with van der Waals surface area (Å²) in [6.07, 6.45) is -0.314. The fourth-order valence-corrected chi connectivity index (χ4v) is 2.53. The molecule has 2 atom stereocenters. The molecule has 3 N–H and O–H groups in total. The summed E-state index contributed by atoms with van der Waals surface area (Å²) in [5.74, 6) is 1.29. The zero-order valence-corrected chi connectivity index (χ0v) is 11.5. The van der Waals surface area contributed by atoms with Crippen molar-refractivity contribution in [3.63, 3.8) is 0 Å². The maximum Gasteiger partial charge on any atom is 0.414 e. The molecule has 7 nitrogen and oxygen atoms in total. The Labute approximate surface area is 122 Å². The second kappa shape index (κ2) is 5.79. The first kappa shape index (κ1) is 14.0. The molecule has 114 valence electrons. The van der Waals surface area contributed by atoms with E-state index in [1.807, 2.05) is 0 Å². The van der Waals surface area contributed by atoms with Crippen LogP contribution in [0.4, 0.5) is 10.5 Å². The number of rotatable bonds is 4. The minimum Gasteiger partial charge on any atom is -0.486 e. The van der Waals surface area contributed by atoms with Crippen LogP contribution in [0.2, 0.25) is 0 Å². The van der Waals surface area contributed by atoms with Gasteiger partial charge in [0.25, 0.3) is 0 Å². The number of hydrogen-bond acceptors (Lipinski definition) is 6. The maximum atomic E-state index is 11.9. The highest BCUT2D eigenvalue weighted by Crippen LogP contribution is 2.36. The van der Waals surface area contributed by atoms with Gasteiger partial charge in [-0.3, -0.25) is 4.90 Å². The Balaban J connectivity index is 1.81. The van der Waals surface area contributed by atoms with Crippen LogP contribution in [0.3, 0.4) is 0 Å². The predicted molar refractivity (Wildman–Crippen MR) is 74.5 cm³/mol. The van der Waals surface area contributed by atoms with E-state index in [1.54, 1.807) is 23.1 Å². The third kappa shape index (κ3) is 2.88. The van der Waals surface area contributed by atoms with Crippen LogP contribution in [0.15, 0.2) is 18.2 Å². The molecule has 1 aromatic carbocycles. The van der Waals surface area contributed by atoms with Crippen LogP contribution in [0, 0.1) is 0 Å². The minimum absolute atomic E-state index is 0.141. The van der Waals surface area contributed by atoms with Crippen molar-refractivity contribution in [1.29, 1.82) is 0 Å². The largest absolute Gasteiger partial charge is 0.486 e. The lowest BCUT2D eigenvalue weighted by Gasteiger charge is -2.24. The average Bonchev–Trinajstić information content (AvgIpc) is 2.85. The molecule has 21 heavy (non-hydrogen) atoms. The summed E-state index contributed by atoms with van der Waals surface area (Å²) in [6, 6.07) is 5.21. The van der Waals surface area contributed by atoms with Gasteiger partial charge in [0.2, 0.25) is 0 Å². The van der Waals surface area contributed by atoms with Gasteiger partial charge < -0.3 is 25.1 Å². The number of anilines is 1. The molecular formula is C14H18N2O5. The lowest BCUT2D eigenvalue weighted by Crippen LogP contribution is -2.35. The van der Waals surface area contributed by atoms with Crippen molar-refractivity contribution in [2.45, 2.75) is 25.1 Å². The zero-order valence-electron chi connectivity index (χ0n) is 11.5. The topological polar surface area (TPSA) is 94.3 Å². The molecule has 0 aliphatic carbocycles. The molecule has 1 fully saturated rings. The highest BCUT2D eigenvalue weighted by molar-refractivity contribution is 5.90. The highest BCUT2D eigenvalue weighted by atomic mass is 16.6. The SMILES string of the molecule is NC(O)CCC1COC(=O)N1c1ccc2c(c1)OCCO2. The van der Waals surface area contributed by atoms with Crippen molar-refractivity contribution in [2.24, 2.45) is 5.73 Å². The first-order valence-corrected chi connectivity index (χ1v) is 6.94. The number of amides is 1. The van der Waals surface area contributed by atoms with E-state index in [4.69, 9.17) is 19.9 Å². The van der Waals surface area contributed by atoms with Crippen LogP contribution in [0.5, 0.6) is 11.5 Å². The second-order valence-corrected chi connectivity index (χ2v) is 5.07. The number of nitrogens with zero attached hydrogens (tertiary/aromatic N) is 1. The molecule has 7 heteroatoms. The maximum absolute atomic E-state index is 11.9. The lowest BCUT2D eigenvalue weighted by molar-refractivity contribution is 0.161. The van der Waals surface area contributed by atoms with Crippen molar-refractivity contribution >= 4 is 11.8 Å². The number of carbonyl (C=O) groups is 1. The van der Waals surface area contributed by atoms with E-state index in [1.165, 1.54) is 0 Å². The number of hydrogen-bond donors (Lipinski definition) is 2. The van der Waals surface area contributed by atoms with E-state index in [-0.39, 0.29) is 6.04 Å². The molecular weight excluding hydrogens is 276 g/mol. The molecule has 3 rings (SSSR count). The van der Waals surface area contributed by atoms with Crippen LogP contribution < -0.4 is 20.1 Å². The number of fused-ring (bicyclic) bond motifs is 1. The third-order valence-electron chi connectivity index (χ3n) is 3.56. The van der Waals surface area contributed by atoms with Gasteiger partial charge in [-0.15, -0.1) is 0 Å². The number of aliphatic hydroxyl groups excluding tert-OH is 1. The van der Waals surface area contributed by atoms with Gasteiger partial charge >= 0.3 is 6.09 Å². The molecule has 2 aliphatic heterocycles. The third-order valence-corrected chi connectivity index (χ3v) is 3.56. The average molecular weight is 294 g/mol. The summed E-state index contributed by atoms with van der Waals surface area (Å²) in [5.41, 5.74) is 6.05. The van der Waals surface area contributed by atoms with Crippen LogP contribution >= 0.6 is 0 Å². The van der Waals surface area contributed by atoms with Gasteiger partial charge in [-0.05, 0) is 25.0 Å². The van der Waals surface area contributed by atoms with Crippen molar-refractivity contribution in [3.05, 3.63) is 18.2 Å². The molecule has 0 radical (unpaired) electrons. The molecule has 1 saturated heterocycles. The van der Waals surface area contributed by atoms with E-state index in [9.17, 15) is 9.90 Å². The highest BCUT2D eigenvalue weighted by Gasteiger charge is 2.34. The Hall–Kier alpha value is -1.99. The van der Waals surface area contributed by atoms with Gasteiger partial charge in [0.05, 0.1) is 11.7 Å². The summed E-state index contributed by atoms with van der Waals surface area (Å²) < 4.78 is 16.1. The lowest BCUT2D eigenvalue weighted by atomic mass is 10.1. The molecule has 2 aliphatic rings. The zero-order chi connectivity index (χ0) is 14.8. The molecule has 1 aromatic rings. The van der Waals surface area contributed by atoms with E-state index >= 15 is 0 Å². The van der Waals surface area contributed by atoms with E-state index in [0.717, 1.165) is 0 Å². The standard InChI is InChI=1S/C14H18N2O5/c15-13(17)4-2-10-8-21-14(18)16(10)9-1-3-11-12(7-9)20-6-5-19-11/h1,3,7,10,13,17H,2,4-6,8,15H2. The Kier molecular flexibility index (Phi) is 3.85. The van der Waals surface area contributed by atoms with E-state index < -0.39 is 12.3 Å². The van der Waals surface area contributed by atoms with E-state index in [0.29, 0.717) is 49.8 Å². The number of benzene rings is 1. The van der Waals surface area contributed by atoms with Crippen molar-refractivity contribution in [1.82, 2.24) is 0 Å². The number of cyclic esters (lactones) is 1. The summed E-state index contributed by atoms with van der Waals surface area (Å²) >= 11 is 0. The van der Waals surface area contributed by atoms with Crippen LogP contribution in [0.25, 0.3) is 0 Å². The summed E-state index contributed by atoms with van der Waals surface area (Å²) in [6.45, 7) is 1.30. The van der Waals surface area contributed by atoms with Gasteiger partial charge in [0, 0.05) is 6.07 Å². The molecule has 2 unspecified atom stereocenters. The Morgan fingerprint density at radius 1 is 1.29 bits per heavy atom. The van der Waals surface area contributed by atoms with Gasteiger partial charge in [0.15, 0.2) is 11.5 Å². The summed E-state index contributed by atoms with van der Waals surface area (Å²) in [4.78, 5) is 13.5. The molecule has 0 spiro atoms. The molecule has 0 bridgehead atoms. The smallest absolute Gasteiger partial charge is 0.414 e. The van der Waals surface area contributed by atoms with Crippen LogP contribution in [-0.2, 0) is 4.74 Å². The van der Waals surface area contributed by atoms with Crippen LogP contribution in [0.1, 0.15) is 12.8 Å². The van der Waals surface area contributed by atoms with Crippen molar-refractivity contribution < 1.29 is 24.1 Å².